The van der Waals surface area contributed by atoms with Crippen molar-refractivity contribution in [2.75, 3.05) is 75.3 Å². The summed E-state index contributed by atoms with van der Waals surface area (Å²) in [5.41, 5.74) is 8.41. The van der Waals surface area contributed by atoms with Gasteiger partial charge in [0.2, 0.25) is 11.8 Å². The summed E-state index contributed by atoms with van der Waals surface area (Å²) in [6.07, 6.45) is 4.33. The molecule has 0 saturated carbocycles. The van der Waals surface area contributed by atoms with Gasteiger partial charge in [0.25, 0.3) is 17.0 Å². The van der Waals surface area contributed by atoms with Crippen molar-refractivity contribution in [2.24, 2.45) is 17.6 Å². The van der Waals surface area contributed by atoms with Gasteiger partial charge in [0.05, 0.1) is 67.3 Å². The highest BCUT2D eigenvalue weighted by Crippen LogP contribution is 2.32. The molecule has 4 aromatic heterocycles. The number of rotatable bonds is 12. The highest BCUT2D eigenvalue weighted by atomic mass is 16.5. The number of aromatic nitrogens is 6. The van der Waals surface area contributed by atoms with E-state index < -0.39 is 0 Å². The summed E-state index contributed by atoms with van der Waals surface area (Å²) in [6.45, 7) is 3.32. The number of aldehydes is 1. The van der Waals surface area contributed by atoms with Gasteiger partial charge >= 0.3 is 0 Å². The first-order chi connectivity index (χ1) is 33.4. The van der Waals surface area contributed by atoms with Crippen molar-refractivity contribution >= 4 is 69.3 Å². The number of anilines is 3. The van der Waals surface area contributed by atoms with Gasteiger partial charge in [0.1, 0.15) is 41.8 Å². The molecule has 0 unspecified atom stereocenters. The van der Waals surface area contributed by atoms with Gasteiger partial charge in [-0.25, -0.2) is 19.9 Å². The average molecular weight is 944 g/mol. The van der Waals surface area contributed by atoms with E-state index in [-0.39, 0.29) is 72.6 Å². The second-order valence-electron chi connectivity index (χ2n) is 16.4. The van der Waals surface area contributed by atoms with E-state index in [1.807, 2.05) is 12.1 Å². The van der Waals surface area contributed by atoms with Gasteiger partial charge < -0.3 is 44.7 Å². The van der Waals surface area contributed by atoms with E-state index in [1.165, 1.54) is 17.0 Å². The molecule has 4 aliphatic heterocycles. The lowest BCUT2D eigenvalue weighted by molar-refractivity contribution is -0.121. The monoisotopic (exact) mass is 943 g/mol. The van der Waals surface area contributed by atoms with Crippen LogP contribution in [0.15, 0.2) is 82.6 Å². The van der Waals surface area contributed by atoms with Crippen LogP contribution in [0, 0.1) is 11.8 Å². The zero-order valence-electron chi connectivity index (χ0n) is 37.8. The van der Waals surface area contributed by atoms with Crippen LogP contribution in [0.25, 0.3) is 22.1 Å². The summed E-state index contributed by atoms with van der Waals surface area (Å²) in [5.74, 6) is 3.83. The zero-order chi connectivity index (χ0) is 48.6. The number of ether oxygens (including phenoxy) is 4. The first-order valence-electron chi connectivity index (χ1n) is 22.1. The summed E-state index contributed by atoms with van der Waals surface area (Å²) < 4.78 is 24.0. The van der Waals surface area contributed by atoms with Crippen LogP contribution in [-0.2, 0) is 43.5 Å². The third-order valence-electron chi connectivity index (χ3n) is 11.7. The Balaban J connectivity index is 0.000000154. The number of nitrogens with two attached hydrogens (primary N) is 1. The maximum Gasteiger partial charge on any atom is 0.269 e. The number of carbonyl (C=O) groups excluding carboxylic acids is 5. The maximum absolute atomic E-state index is 12.6. The van der Waals surface area contributed by atoms with E-state index in [4.69, 9.17) is 24.7 Å². The molecule has 69 heavy (non-hydrogen) atoms. The number of benzene rings is 2. The molecule has 4 aliphatic rings. The highest BCUT2D eigenvalue weighted by Gasteiger charge is 2.33. The number of Topliss-reactive ketones (excluding diaryl/α,β-unsaturated/α-hetero) is 1. The Labute approximate surface area is 393 Å². The minimum Gasteiger partial charge on any atom is -0.497 e. The van der Waals surface area contributed by atoms with Gasteiger partial charge in [0.15, 0.2) is 24.0 Å². The average Bonchev–Trinajstić information content (AvgIpc) is 3.94. The van der Waals surface area contributed by atoms with Crippen LogP contribution in [0.5, 0.6) is 23.0 Å². The van der Waals surface area contributed by atoms with Crippen molar-refractivity contribution < 1.29 is 42.9 Å². The van der Waals surface area contributed by atoms with E-state index in [0.717, 1.165) is 5.52 Å². The number of nitrogens with zero attached hydrogens (tertiary/aromatic N) is 8. The standard InChI is InChI=1S/C23H24N6O5.C13H15N3O3.C11H10N2O3/c1-33-15-2-3-16-17(9-15)28(22(32)11-25-16)7-6-24-10-14-8-21(31)29(12-14)19-5-4-18-23(26-19)27-20(30)13-34-18;14-5-8-3-13(18)16(6-8)12-2-1-11-10(15-12)4-9(17)7-19-11;1-16-8-2-3-9-10(6-8)13(4-5-14)11(15)7-12-9/h2-5,9,11,14,24H,6-8,10,12-13H2,1H3,(H,26,27,30);1-2,8H,3-7,14H2;2-3,5-7H,4H2,1H3/t14-;8-;/m11./s1. The summed E-state index contributed by atoms with van der Waals surface area (Å²) in [5, 5.41) is 6.02. The molecule has 6 aromatic rings. The Morgan fingerprint density at radius 1 is 0.754 bits per heavy atom. The molecule has 3 amide bonds. The van der Waals surface area contributed by atoms with E-state index in [2.05, 4.69) is 30.6 Å². The number of amides is 3. The largest absolute Gasteiger partial charge is 0.497 e. The zero-order valence-corrected chi connectivity index (χ0v) is 37.8. The van der Waals surface area contributed by atoms with Gasteiger partial charge in [-0.15, -0.1) is 0 Å². The molecule has 8 heterocycles. The summed E-state index contributed by atoms with van der Waals surface area (Å²) in [4.78, 5) is 102. The van der Waals surface area contributed by atoms with E-state index in [0.29, 0.717) is 121 Å². The van der Waals surface area contributed by atoms with Crippen molar-refractivity contribution in [1.82, 2.24) is 34.4 Å². The molecule has 0 radical (unpaired) electrons. The second-order valence-corrected chi connectivity index (χ2v) is 16.4. The lowest BCUT2D eigenvalue weighted by Gasteiger charge is -2.21. The molecule has 2 atom stereocenters. The number of carbonyl (C=O) groups is 5. The Morgan fingerprint density at radius 3 is 1.99 bits per heavy atom. The fourth-order valence-corrected chi connectivity index (χ4v) is 8.21. The summed E-state index contributed by atoms with van der Waals surface area (Å²) in [6, 6.07) is 17.6. The number of ketones is 1. The molecule has 10 rings (SSSR count). The van der Waals surface area contributed by atoms with Crippen molar-refractivity contribution in [3.8, 4) is 23.0 Å². The minimum atomic E-state index is -0.298. The topological polar surface area (TPSA) is 274 Å². The minimum absolute atomic E-state index is 0.00438. The van der Waals surface area contributed by atoms with E-state index >= 15 is 0 Å². The van der Waals surface area contributed by atoms with Gasteiger partial charge in [-0.2, -0.15) is 0 Å². The highest BCUT2D eigenvalue weighted by molar-refractivity contribution is 5.97. The third-order valence-corrected chi connectivity index (χ3v) is 11.7. The molecule has 358 valence electrons. The van der Waals surface area contributed by atoms with Crippen molar-refractivity contribution in [1.29, 1.82) is 0 Å². The van der Waals surface area contributed by atoms with Crippen LogP contribution >= 0.6 is 0 Å². The first kappa shape index (κ1) is 47.4. The molecule has 2 saturated heterocycles. The lowest BCUT2D eigenvalue weighted by atomic mass is 10.1. The molecular weight excluding hydrogens is 895 g/mol. The fraction of sp³-hybridized carbons (Fsp3) is 0.340. The normalized spacial score (nSPS) is 17.1. The first-order valence-corrected chi connectivity index (χ1v) is 22.1. The molecule has 0 spiro atoms. The summed E-state index contributed by atoms with van der Waals surface area (Å²) in [7, 11) is 3.12. The van der Waals surface area contributed by atoms with Crippen molar-refractivity contribution in [2.45, 2.75) is 32.4 Å². The van der Waals surface area contributed by atoms with Crippen molar-refractivity contribution in [3.05, 3.63) is 99.5 Å². The van der Waals surface area contributed by atoms with Crippen LogP contribution in [0.1, 0.15) is 18.5 Å². The van der Waals surface area contributed by atoms with Gasteiger partial charge in [-0.3, -0.25) is 43.1 Å². The SMILES string of the molecule is COc1ccc2ncc(=O)n(CC=O)c2c1.COc1ccc2ncc(=O)n(CCNC[C@H]3CC(=O)N(c4ccc5c(n4)NC(=O)CO5)C3)c2c1.NC[C@H]1CC(=O)N(c2ccc3c(n2)CC(=O)CO3)C1. The number of pyridine rings is 2. The van der Waals surface area contributed by atoms with Crippen LogP contribution < -0.4 is 56.2 Å². The molecular formula is C47H49N11O11. The molecule has 4 N–H and O–H groups in total. The number of hydrogen-bond acceptors (Lipinski definition) is 17. The van der Waals surface area contributed by atoms with Crippen LogP contribution in [-0.4, -0.2) is 119 Å². The fourth-order valence-electron chi connectivity index (χ4n) is 8.21. The Kier molecular flexibility index (Phi) is 14.6. The maximum atomic E-state index is 12.6. The van der Waals surface area contributed by atoms with E-state index in [1.54, 1.807) is 77.1 Å². The molecule has 2 fully saturated rings. The molecule has 22 heteroatoms. The predicted molar refractivity (Wildman–Crippen MR) is 251 cm³/mol. The van der Waals surface area contributed by atoms with Crippen molar-refractivity contribution in [3.63, 3.8) is 0 Å². The lowest BCUT2D eigenvalue weighted by Crippen LogP contribution is -2.32. The number of hydrogen-bond donors (Lipinski definition) is 3. The third kappa shape index (κ3) is 10.9. The Morgan fingerprint density at radius 2 is 1.35 bits per heavy atom. The number of fused-ring (bicyclic) bond motifs is 4. The van der Waals surface area contributed by atoms with Gasteiger partial charge in [-0.05, 0) is 66.9 Å². The predicted octanol–water partition coefficient (Wildman–Crippen LogP) is 1.27. The molecule has 0 bridgehead atoms. The van der Waals surface area contributed by atoms with Gasteiger partial charge in [0, 0.05) is 57.7 Å². The smallest absolute Gasteiger partial charge is 0.269 e. The van der Waals surface area contributed by atoms with E-state index in [9.17, 15) is 33.6 Å². The molecule has 22 nitrogen and oxygen atoms in total. The van der Waals surface area contributed by atoms with Gasteiger partial charge in [-0.1, -0.05) is 0 Å². The second kappa shape index (κ2) is 21.2. The molecule has 0 aliphatic carbocycles. The van der Waals surface area contributed by atoms with Crippen LogP contribution in [0.4, 0.5) is 17.5 Å². The van der Waals surface area contributed by atoms with Crippen LogP contribution in [0.2, 0.25) is 0 Å². The summed E-state index contributed by atoms with van der Waals surface area (Å²) >= 11 is 0. The Bertz CT molecular complexity index is 3070. The van der Waals surface area contributed by atoms with Crippen LogP contribution in [0.3, 0.4) is 0 Å². The quantitative estimate of drug-likeness (QED) is 0.115. The molecule has 2 aromatic carbocycles. The number of nitrogens with one attached hydrogen (secondary N) is 2. The Hall–Kier alpha value is -8.11. The number of methoxy groups -OCH3 is 2.